The molecule has 21 heavy (non-hydrogen) atoms. The van der Waals surface area contributed by atoms with E-state index in [-0.39, 0.29) is 5.82 Å². The second kappa shape index (κ2) is 5.67. The first kappa shape index (κ1) is 14.9. The summed E-state index contributed by atoms with van der Waals surface area (Å²) in [7, 11) is 0. The Bertz CT molecular complexity index is 484. The fourth-order valence-corrected chi connectivity index (χ4v) is 3.37. The van der Waals surface area contributed by atoms with E-state index >= 15 is 0 Å². The third-order valence-electron chi connectivity index (χ3n) is 4.84. The van der Waals surface area contributed by atoms with E-state index in [1.165, 1.54) is 25.0 Å². The van der Waals surface area contributed by atoms with Gasteiger partial charge in [-0.15, -0.1) is 0 Å². The van der Waals surface area contributed by atoms with Crippen LogP contribution in [-0.2, 0) is 5.60 Å². The quantitative estimate of drug-likeness (QED) is 0.874. The van der Waals surface area contributed by atoms with Crippen LogP contribution in [-0.4, -0.2) is 41.2 Å². The molecule has 1 saturated heterocycles. The molecule has 3 rings (SSSR count). The highest BCUT2D eigenvalue weighted by atomic mass is 19.1. The van der Waals surface area contributed by atoms with E-state index in [1.54, 1.807) is 19.1 Å². The zero-order chi connectivity index (χ0) is 15.0. The van der Waals surface area contributed by atoms with E-state index in [2.05, 4.69) is 17.1 Å². The average Bonchev–Trinajstić information content (AvgIpc) is 3.21. The molecule has 1 aliphatic heterocycles. The molecule has 0 radical (unpaired) electrons. The first-order valence-corrected chi connectivity index (χ1v) is 7.93. The third kappa shape index (κ3) is 3.44. The normalized spacial score (nSPS) is 29.5. The Kier molecular flexibility index (Phi) is 4.04. The summed E-state index contributed by atoms with van der Waals surface area (Å²) in [5, 5.41) is 14.1. The zero-order valence-electron chi connectivity index (χ0n) is 12.8. The maximum atomic E-state index is 13.0. The minimum absolute atomic E-state index is 0.271. The number of hydrogen-bond donors (Lipinski definition) is 2. The number of hydrogen-bond acceptors (Lipinski definition) is 3. The zero-order valence-corrected chi connectivity index (χ0v) is 12.8. The molecule has 2 fully saturated rings. The van der Waals surface area contributed by atoms with Gasteiger partial charge in [0.1, 0.15) is 5.82 Å². The van der Waals surface area contributed by atoms with Crippen LogP contribution in [0.2, 0.25) is 0 Å². The van der Waals surface area contributed by atoms with Crippen molar-refractivity contribution in [3.8, 4) is 0 Å². The van der Waals surface area contributed by atoms with E-state index in [0.29, 0.717) is 18.6 Å². The standard InChI is InChI=1S/C17H25FN2O/c1-12-9-15(10-20(12)16-7-8-16)19-11-17(2,21)13-3-5-14(18)6-4-13/h3-6,12,15-16,19,21H,7-11H2,1-2H3. The van der Waals surface area contributed by atoms with Gasteiger partial charge in [0.05, 0.1) is 5.60 Å². The maximum absolute atomic E-state index is 13.0. The Hall–Kier alpha value is -0.970. The van der Waals surface area contributed by atoms with Crippen molar-refractivity contribution in [1.82, 2.24) is 10.2 Å². The van der Waals surface area contributed by atoms with Crippen LogP contribution in [0.1, 0.15) is 38.7 Å². The van der Waals surface area contributed by atoms with Crippen LogP contribution in [0, 0.1) is 5.82 Å². The van der Waals surface area contributed by atoms with E-state index in [9.17, 15) is 9.50 Å². The van der Waals surface area contributed by atoms with Crippen molar-refractivity contribution < 1.29 is 9.50 Å². The third-order valence-corrected chi connectivity index (χ3v) is 4.84. The van der Waals surface area contributed by atoms with Crippen LogP contribution in [0.25, 0.3) is 0 Å². The lowest BCUT2D eigenvalue weighted by molar-refractivity contribution is 0.0539. The molecular weight excluding hydrogens is 267 g/mol. The highest BCUT2D eigenvalue weighted by Gasteiger charge is 2.39. The Labute approximate surface area is 126 Å². The van der Waals surface area contributed by atoms with Gasteiger partial charge in [0, 0.05) is 31.2 Å². The monoisotopic (exact) mass is 292 g/mol. The van der Waals surface area contributed by atoms with Crippen molar-refractivity contribution in [3.63, 3.8) is 0 Å². The molecule has 3 nitrogen and oxygen atoms in total. The van der Waals surface area contributed by atoms with Crippen molar-refractivity contribution in [1.29, 1.82) is 0 Å². The van der Waals surface area contributed by atoms with Gasteiger partial charge in [0.2, 0.25) is 0 Å². The van der Waals surface area contributed by atoms with Gasteiger partial charge in [-0.2, -0.15) is 0 Å². The van der Waals surface area contributed by atoms with Crippen LogP contribution < -0.4 is 5.32 Å². The number of benzene rings is 1. The molecule has 1 aromatic carbocycles. The molecule has 4 heteroatoms. The van der Waals surface area contributed by atoms with E-state index < -0.39 is 5.60 Å². The van der Waals surface area contributed by atoms with E-state index in [1.807, 2.05) is 0 Å². The van der Waals surface area contributed by atoms with Crippen LogP contribution in [0.5, 0.6) is 0 Å². The van der Waals surface area contributed by atoms with Crippen LogP contribution in [0.4, 0.5) is 4.39 Å². The Balaban J connectivity index is 1.55. The summed E-state index contributed by atoms with van der Waals surface area (Å²) < 4.78 is 13.0. The predicted molar refractivity (Wildman–Crippen MR) is 81.6 cm³/mol. The van der Waals surface area contributed by atoms with Crippen molar-refractivity contribution in [3.05, 3.63) is 35.6 Å². The fraction of sp³-hybridized carbons (Fsp3) is 0.647. The smallest absolute Gasteiger partial charge is 0.123 e. The molecule has 0 aromatic heterocycles. The van der Waals surface area contributed by atoms with E-state index in [0.717, 1.165) is 24.6 Å². The first-order chi connectivity index (χ1) is 9.95. The van der Waals surface area contributed by atoms with Crippen molar-refractivity contribution in [2.45, 2.75) is 56.8 Å². The molecule has 1 saturated carbocycles. The largest absolute Gasteiger partial charge is 0.384 e. The minimum atomic E-state index is -0.968. The Morgan fingerprint density at radius 2 is 2.00 bits per heavy atom. The molecule has 3 unspecified atom stereocenters. The van der Waals surface area contributed by atoms with Gasteiger partial charge < -0.3 is 10.4 Å². The number of likely N-dealkylation sites (tertiary alicyclic amines) is 1. The van der Waals surface area contributed by atoms with Gasteiger partial charge in [-0.1, -0.05) is 12.1 Å². The summed E-state index contributed by atoms with van der Waals surface area (Å²) in [6.07, 6.45) is 3.81. The Morgan fingerprint density at radius 3 is 2.62 bits per heavy atom. The molecule has 1 heterocycles. The molecule has 2 N–H and O–H groups in total. The van der Waals surface area contributed by atoms with Crippen molar-refractivity contribution in [2.24, 2.45) is 0 Å². The molecule has 1 aromatic rings. The van der Waals surface area contributed by atoms with Crippen LogP contribution in [0.15, 0.2) is 24.3 Å². The number of halogens is 1. The van der Waals surface area contributed by atoms with Crippen LogP contribution >= 0.6 is 0 Å². The molecule has 0 amide bonds. The highest BCUT2D eigenvalue weighted by Crippen LogP contribution is 2.33. The number of rotatable bonds is 5. The molecule has 116 valence electrons. The first-order valence-electron chi connectivity index (χ1n) is 7.93. The van der Waals surface area contributed by atoms with Crippen molar-refractivity contribution in [2.75, 3.05) is 13.1 Å². The lowest BCUT2D eigenvalue weighted by atomic mass is 9.95. The van der Waals surface area contributed by atoms with Gasteiger partial charge in [-0.3, -0.25) is 4.90 Å². The fourth-order valence-electron chi connectivity index (χ4n) is 3.37. The van der Waals surface area contributed by atoms with Crippen molar-refractivity contribution >= 4 is 0 Å². The second-order valence-corrected chi connectivity index (χ2v) is 6.87. The highest BCUT2D eigenvalue weighted by molar-refractivity contribution is 5.22. The van der Waals surface area contributed by atoms with Gasteiger partial charge in [-0.05, 0) is 50.8 Å². The molecule has 0 bridgehead atoms. The molecular formula is C17H25FN2O. The molecule has 1 aliphatic carbocycles. The predicted octanol–water partition coefficient (Wildman–Crippen LogP) is 2.25. The number of nitrogens with zero attached hydrogens (tertiary/aromatic N) is 1. The lowest BCUT2D eigenvalue weighted by Gasteiger charge is -2.26. The summed E-state index contributed by atoms with van der Waals surface area (Å²) in [4.78, 5) is 2.59. The lowest BCUT2D eigenvalue weighted by Crippen LogP contribution is -2.42. The SMILES string of the molecule is CC1CC(NCC(C)(O)c2ccc(F)cc2)CN1C1CC1. The molecule has 3 atom stereocenters. The number of nitrogens with one attached hydrogen (secondary N) is 1. The summed E-state index contributed by atoms with van der Waals surface area (Å²) >= 11 is 0. The van der Waals surface area contributed by atoms with Gasteiger partial charge >= 0.3 is 0 Å². The maximum Gasteiger partial charge on any atom is 0.123 e. The Morgan fingerprint density at radius 1 is 1.33 bits per heavy atom. The molecule has 2 aliphatic rings. The summed E-state index contributed by atoms with van der Waals surface area (Å²) in [5.41, 5.74) is -0.217. The molecule has 0 spiro atoms. The summed E-state index contributed by atoms with van der Waals surface area (Å²) in [5.74, 6) is -0.271. The van der Waals surface area contributed by atoms with Gasteiger partial charge in [-0.25, -0.2) is 4.39 Å². The topological polar surface area (TPSA) is 35.5 Å². The summed E-state index contributed by atoms with van der Waals surface area (Å²) in [6.45, 7) is 5.64. The second-order valence-electron chi connectivity index (χ2n) is 6.87. The summed E-state index contributed by atoms with van der Waals surface area (Å²) in [6, 6.07) is 7.98. The van der Waals surface area contributed by atoms with Gasteiger partial charge in [0.25, 0.3) is 0 Å². The van der Waals surface area contributed by atoms with E-state index in [4.69, 9.17) is 0 Å². The average molecular weight is 292 g/mol. The minimum Gasteiger partial charge on any atom is -0.384 e. The number of aliphatic hydroxyl groups is 1. The van der Waals surface area contributed by atoms with Crippen LogP contribution in [0.3, 0.4) is 0 Å². The van der Waals surface area contributed by atoms with Gasteiger partial charge in [0.15, 0.2) is 0 Å².